The molecule has 0 bridgehead atoms. The number of ether oxygens (including phenoxy) is 2. The van der Waals surface area contributed by atoms with Gasteiger partial charge in [-0.15, -0.1) is 0 Å². The molecule has 0 amide bonds. The van der Waals surface area contributed by atoms with Gasteiger partial charge < -0.3 is 19.9 Å². The summed E-state index contributed by atoms with van der Waals surface area (Å²) in [5.74, 6) is 1.25. The minimum atomic E-state index is -2.23. The van der Waals surface area contributed by atoms with E-state index in [0.717, 1.165) is 5.69 Å². The van der Waals surface area contributed by atoms with Crippen LogP contribution in [0.2, 0.25) is 0 Å². The minimum Gasteiger partial charge on any atom is -0.490 e. The predicted octanol–water partition coefficient (Wildman–Crippen LogP) is 1.95. The zero-order valence-corrected chi connectivity index (χ0v) is 19.0. The number of nitrogens with zero attached hydrogens (tertiary/aromatic N) is 5. The van der Waals surface area contributed by atoms with Gasteiger partial charge in [-0.05, 0) is 24.3 Å². The first-order chi connectivity index (χ1) is 16.4. The lowest BCUT2D eigenvalue weighted by atomic mass is 9.77. The quantitative estimate of drug-likeness (QED) is 0.197. The van der Waals surface area contributed by atoms with Crippen LogP contribution in [0.15, 0.2) is 47.8 Å². The van der Waals surface area contributed by atoms with Crippen LogP contribution in [0.4, 0.5) is 5.82 Å². The second-order valence-electron chi connectivity index (χ2n) is 6.80. The molecule has 0 aliphatic heterocycles. The Morgan fingerprint density at radius 2 is 1.91 bits per heavy atom. The second-order valence-corrected chi connectivity index (χ2v) is 7.77. The van der Waals surface area contributed by atoms with Crippen LogP contribution in [-0.2, 0) is 10.5 Å². The van der Waals surface area contributed by atoms with Crippen LogP contribution in [0.1, 0.15) is 16.8 Å². The van der Waals surface area contributed by atoms with Crippen molar-refractivity contribution in [1.29, 1.82) is 10.5 Å². The molecule has 0 saturated heterocycles. The van der Waals surface area contributed by atoms with Gasteiger partial charge in [-0.2, -0.15) is 10.5 Å². The third kappa shape index (κ3) is 6.49. The molecule has 0 spiro atoms. The van der Waals surface area contributed by atoms with Gasteiger partial charge in [-0.3, -0.25) is 9.97 Å². The molecule has 166 valence electrons. The number of nitriles is 2. The molecule has 3 rings (SSSR count). The highest BCUT2D eigenvalue weighted by Crippen LogP contribution is 2.36. The standard InChI is InChI=1S/C22H18B2N6O3S/c1-27-20-16(10-25)19(17(11-26)21(30-20)34-13-14-4-2-3-7-28-14)18-6-5-15(12-29-18)32-8-9-33-22(23,24)31/h2-7,12,31H,8-9,13H2,1H3,(H,27,30). The van der Waals surface area contributed by atoms with Crippen LogP contribution in [0.3, 0.4) is 0 Å². The Kier molecular flexibility index (Phi) is 8.49. The molecule has 3 aromatic rings. The highest BCUT2D eigenvalue weighted by Gasteiger charge is 2.22. The Hall–Kier alpha value is -3.57. The van der Waals surface area contributed by atoms with Crippen molar-refractivity contribution < 1.29 is 14.6 Å². The lowest BCUT2D eigenvalue weighted by Gasteiger charge is -2.19. The Morgan fingerprint density at radius 3 is 2.50 bits per heavy atom. The Bertz CT molecular complexity index is 1210. The lowest BCUT2D eigenvalue weighted by molar-refractivity contribution is -0.0821. The molecule has 0 aromatic carbocycles. The highest BCUT2D eigenvalue weighted by molar-refractivity contribution is 7.98. The molecule has 4 radical (unpaired) electrons. The van der Waals surface area contributed by atoms with Gasteiger partial charge in [-0.25, -0.2) is 4.98 Å². The number of nitrogens with one attached hydrogen (secondary N) is 1. The molecule has 3 aromatic heterocycles. The summed E-state index contributed by atoms with van der Waals surface area (Å²) in [6, 6.07) is 13.2. The summed E-state index contributed by atoms with van der Waals surface area (Å²) < 4.78 is 10.3. The Labute approximate surface area is 204 Å². The monoisotopic (exact) mass is 468 g/mol. The molecule has 0 atom stereocenters. The van der Waals surface area contributed by atoms with E-state index in [9.17, 15) is 10.5 Å². The zero-order chi connectivity index (χ0) is 24.6. The average Bonchev–Trinajstić information content (AvgIpc) is 2.84. The topological polar surface area (TPSA) is 137 Å². The molecule has 0 fully saturated rings. The first kappa shape index (κ1) is 25.1. The van der Waals surface area contributed by atoms with Crippen LogP contribution in [-0.4, -0.2) is 61.6 Å². The first-order valence-corrected chi connectivity index (χ1v) is 11.0. The fraction of sp³-hybridized carbons (Fsp3) is 0.227. The van der Waals surface area contributed by atoms with Crippen molar-refractivity contribution >= 4 is 33.3 Å². The smallest absolute Gasteiger partial charge is 0.145 e. The zero-order valence-electron chi connectivity index (χ0n) is 18.2. The average molecular weight is 468 g/mol. The first-order valence-electron chi connectivity index (χ1n) is 9.98. The van der Waals surface area contributed by atoms with Gasteiger partial charge >= 0.3 is 0 Å². The SMILES string of the molecule is [B]C([B])(O)OCCOc1ccc(-c2c(C#N)c(NC)nc(SCc3ccccn3)c2C#N)nc1. The van der Waals surface area contributed by atoms with Gasteiger partial charge in [0.25, 0.3) is 0 Å². The largest absolute Gasteiger partial charge is 0.490 e. The van der Waals surface area contributed by atoms with Crippen molar-refractivity contribution in [2.45, 2.75) is 16.4 Å². The molecule has 2 N–H and O–H groups in total. The van der Waals surface area contributed by atoms with Gasteiger partial charge in [0.1, 0.15) is 56.6 Å². The number of aliphatic hydroxyl groups is 1. The van der Waals surface area contributed by atoms with Gasteiger partial charge in [0.05, 0.1) is 35.3 Å². The summed E-state index contributed by atoms with van der Waals surface area (Å²) in [7, 11) is 11.9. The maximum absolute atomic E-state index is 9.95. The van der Waals surface area contributed by atoms with Crippen molar-refractivity contribution in [3.8, 4) is 29.1 Å². The summed E-state index contributed by atoms with van der Waals surface area (Å²) in [5.41, 5.74) is -0.155. The molecule has 0 aliphatic rings. The van der Waals surface area contributed by atoms with E-state index < -0.39 is 5.59 Å². The number of hydrogen-bond acceptors (Lipinski definition) is 10. The summed E-state index contributed by atoms with van der Waals surface area (Å²) >= 11 is 1.35. The molecule has 0 aliphatic carbocycles. The number of thioether (sulfide) groups is 1. The molecular weight excluding hydrogens is 450 g/mol. The molecule has 0 unspecified atom stereocenters. The molecule has 34 heavy (non-hydrogen) atoms. The maximum atomic E-state index is 9.95. The van der Waals surface area contributed by atoms with Crippen LogP contribution < -0.4 is 10.1 Å². The summed E-state index contributed by atoms with van der Waals surface area (Å²) in [4.78, 5) is 13.2. The van der Waals surface area contributed by atoms with Crippen LogP contribution in [0, 0.1) is 22.7 Å². The Morgan fingerprint density at radius 1 is 1.12 bits per heavy atom. The van der Waals surface area contributed by atoms with E-state index in [4.69, 9.17) is 30.3 Å². The molecular formula is C22H18B2N6O3S. The Balaban J connectivity index is 1.90. The maximum Gasteiger partial charge on any atom is 0.145 e. The van der Waals surface area contributed by atoms with Crippen molar-refractivity contribution in [2.75, 3.05) is 25.6 Å². The van der Waals surface area contributed by atoms with E-state index in [1.165, 1.54) is 18.0 Å². The van der Waals surface area contributed by atoms with Gasteiger partial charge in [0.2, 0.25) is 0 Å². The second kappa shape index (κ2) is 11.5. The number of anilines is 1. The third-order valence-corrected chi connectivity index (χ3v) is 5.39. The fourth-order valence-electron chi connectivity index (χ4n) is 2.92. The molecule has 3 heterocycles. The summed E-state index contributed by atoms with van der Waals surface area (Å²) in [6.07, 6.45) is 3.15. The third-order valence-electron chi connectivity index (χ3n) is 4.39. The van der Waals surface area contributed by atoms with Crippen LogP contribution in [0.25, 0.3) is 11.3 Å². The normalized spacial score (nSPS) is 10.8. The minimum absolute atomic E-state index is 0.0465. The molecule has 0 saturated carbocycles. The van der Waals surface area contributed by atoms with E-state index in [-0.39, 0.29) is 24.3 Å². The predicted molar refractivity (Wildman–Crippen MR) is 128 cm³/mol. The van der Waals surface area contributed by atoms with E-state index in [0.29, 0.717) is 33.6 Å². The molecule has 12 heteroatoms. The van der Waals surface area contributed by atoms with Crippen molar-refractivity contribution in [2.24, 2.45) is 0 Å². The summed E-state index contributed by atoms with van der Waals surface area (Å²) in [5, 5.41) is 32.3. The number of pyridine rings is 3. The molecule has 9 nitrogen and oxygen atoms in total. The lowest BCUT2D eigenvalue weighted by Crippen LogP contribution is -2.34. The van der Waals surface area contributed by atoms with E-state index >= 15 is 0 Å². The number of aromatic nitrogens is 3. The van der Waals surface area contributed by atoms with E-state index in [1.807, 2.05) is 18.2 Å². The van der Waals surface area contributed by atoms with Crippen molar-refractivity contribution in [3.05, 3.63) is 59.5 Å². The van der Waals surface area contributed by atoms with E-state index in [2.05, 4.69) is 32.4 Å². The highest BCUT2D eigenvalue weighted by atomic mass is 32.2. The van der Waals surface area contributed by atoms with Gasteiger partial charge in [0, 0.05) is 24.6 Å². The van der Waals surface area contributed by atoms with Crippen molar-refractivity contribution in [3.63, 3.8) is 0 Å². The van der Waals surface area contributed by atoms with E-state index in [1.54, 1.807) is 25.4 Å². The van der Waals surface area contributed by atoms with Crippen molar-refractivity contribution in [1.82, 2.24) is 15.0 Å². The van der Waals surface area contributed by atoms with Crippen LogP contribution in [0.5, 0.6) is 5.75 Å². The van der Waals surface area contributed by atoms with Crippen LogP contribution >= 0.6 is 11.8 Å². The fourth-order valence-corrected chi connectivity index (χ4v) is 3.83. The number of hydrogen-bond donors (Lipinski definition) is 2. The van der Waals surface area contributed by atoms with Gasteiger partial charge in [-0.1, -0.05) is 17.8 Å². The summed E-state index contributed by atoms with van der Waals surface area (Å²) in [6.45, 7) is 0.0211. The number of rotatable bonds is 10. The van der Waals surface area contributed by atoms with Gasteiger partial charge in [0.15, 0.2) is 0 Å².